The number of benzene rings is 1. The summed E-state index contributed by atoms with van der Waals surface area (Å²) in [5.41, 5.74) is 10.2. The van der Waals surface area contributed by atoms with Gasteiger partial charge in [0.15, 0.2) is 6.29 Å². The molecule has 2 unspecified atom stereocenters. The Morgan fingerprint density at radius 1 is 1.18 bits per heavy atom. The van der Waals surface area contributed by atoms with Crippen LogP contribution in [0.2, 0.25) is 0 Å². The molecule has 0 radical (unpaired) electrons. The minimum Gasteiger partial charge on any atom is -0.350 e. The molecule has 0 aliphatic carbocycles. The number of hydroxylamine groups is 1. The molecule has 1 amide bonds. The Bertz CT molecular complexity index is 894. The Kier molecular flexibility index (Phi) is 8.37. The van der Waals surface area contributed by atoms with Crippen LogP contribution in [0.4, 0.5) is 5.95 Å². The van der Waals surface area contributed by atoms with E-state index in [9.17, 15) is 4.79 Å². The van der Waals surface area contributed by atoms with Gasteiger partial charge >= 0.3 is 0 Å². The summed E-state index contributed by atoms with van der Waals surface area (Å²) in [6.07, 6.45) is 9.62. The number of nitrogens with two attached hydrogens (primary N) is 1. The van der Waals surface area contributed by atoms with E-state index in [1.165, 1.54) is 12.4 Å². The zero-order valence-electron chi connectivity index (χ0n) is 18.8. The van der Waals surface area contributed by atoms with Gasteiger partial charge in [0.2, 0.25) is 5.95 Å². The molecule has 3 heterocycles. The van der Waals surface area contributed by atoms with E-state index in [1.807, 2.05) is 18.2 Å². The van der Waals surface area contributed by atoms with Gasteiger partial charge in [-0.1, -0.05) is 42.5 Å². The zero-order chi connectivity index (χ0) is 22.9. The molecular weight excluding hydrogens is 420 g/mol. The molecule has 0 saturated carbocycles. The summed E-state index contributed by atoms with van der Waals surface area (Å²) in [4.78, 5) is 30.8. The van der Waals surface area contributed by atoms with E-state index in [2.05, 4.69) is 49.5 Å². The number of nitrogens with zero attached hydrogens (tertiary/aromatic N) is 4. The summed E-state index contributed by atoms with van der Waals surface area (Å²) < 4.78 is 5.44. The van der Waals surface area contributed by atoms with Crippen molar-refractivity contribution in [2.75, 3.05) is 44.2 Å². The van der Waals surface area contributed by atoms with Crippen LogP contribution in [0, 0.1) is 0 Å². The minimum atomic E-state index is -0.388. The summed E-state index contributed by atoms with van der Waals surface area (Å²) >= 11 is 0. The highest BCUT2D eigenvalue weighted by Crippen LogP contribution is 2.14. The summed E-state index contributed by atoms with van der Waals surface area (Å²) in [5.74, 6) is 0.245. The van der Waals surface area contributed by atoms with Crippen molar-refractivity contribution >= 4 is 17.9 Å². The van der Waals surface area contributed by atoms with Crippen LogP contribution in [-0.4, -0.2) is 72.4 Å². The van der Waals surface area contributed by atoms with E-state index in [0.29, 0.717) is 18.1 Å². The number of hydrogen-bond donors (Lipinski definition) is 2. The van der Waals surface area contributed by atoms with Crippen LogP contribution < -0.4 is 16.1 Å². The molecule has 9 nitrogen and oxygen atoms in total. The molecule has 2 aliphatic rings. The molecule has 2 atom stereocenters. The first-order chi connectivity index (χ1) is 16.2. The third-order valence-electron chi connectivity index (χ3n) is 5.78. The van der Waals surface area contributed by atoms with Crippen LogP contribution in [0.25, 0.3) is 6.08 Å². The fourth-order valence-electron chi connectivity index (χ4n) is 3.87. The van der Waals surface area contributed by atoms with Gasteiger partial charge in [-0.2, -0.15) is 0 Å². The first kappa shape index (κ1) is 23.3. The largest absolute Gasteiger partial charge is 0.350 e. The zero-order valence-corrected chi connectivity index (χ0v) is 18.8. The van der Waals surface area contributed by atoms with E-state index in [0.717, 1.165) is 57.5 Å². The lowest BCUT2D eigenvalue weighted by Gasteiger charge is -2.35. The Morgan fingerprint density at radius 3 is 2.64 bits per heavy atom. The Hall–Kier alpha value is -2.85. The van der Waals surface area contributed by atoms with Crippen molar-refractivity contribution in [3.05, 3.63) is 59.9 Å². The number of carbonyl (C=O) groups is 1. The van der Waals surface area contributed by atoms with E-state index in [4.69, 9.17) is 15.3 Å². The lowest BCUT2D eigenvalue weighted by atomic mass is 10.1. The molecule has 0 spiro atoms. The smallest absolute Gasteiger partial charge is 0.278 e. The lowest BCUT2D eigenvalue weighted by Crippen LogP contribution is -2.50. The van der Waals surface area contributed by atoms with Gasteiger partial charge in [0, 0.05) is 64.2 Å². The van der Waals surface area contributed by atoms with Crippen molar-refractivity contribution in [2.24, 2.45) is 5.73 Å². The molecule has 2 saturated heterocycles. The highest BCUT2D eigenvalue weighted by atomic mass is 16.8. The molecule has 2 aromatic rings. The third kappa shape index (κ3) is 7.06. The van der Waals surface area contributed by atoms with E-state index in [-0.39, 0.29) is 18.2 Å². The quantitative estimate of drug-likeness (QED) is 0.585. The topological polar surface area (TPSA) is 106 Å². The molecular formula is C24H32N6O3. The van der Waals surface area contributed by atoms with Crippen LogP contribution in [-0.2, 0) is 9.57 Å². The van der Waals surface area contributed by atoms with Crippen LogP contribution in [0.3, 0.4) is 0 Å². The van der Waals surface area contributed by atoms with Gasteiger partial charge in [-0.3, -0.25) is 9.69 Å². The Balaban J connectivity index is 1.20. The van der Waals surface area contributed by atoms with Crippen molar-refractivity contribution in [3.63, 3.8) is 0 Å². The molecule has 2 fully saturated rings. The van der Waals surface area contributed by atoms with Gasteiger partial charge in [-0.15, -0.1) is 0 Å². The molecule has 176 valence electrons. The SMILES string of the molecule is NC(/C=C/c1ccccc1)CN1CCN(c2ncc(C(=O)NOC3CCCCO3)cn2)CC1. The van der Waals surface area contributed by atoms with E-state index in [1.54, 1.807) is 0 Å². The van der Waals surface area contributed by atoms with Crippen LogP contribution in [0.5, 0.6) is 0 Å². The predicted molar refractivity (Wildman–Crippen MR) is 126 cm³/mol. The fourth-order valence-corrected chi connectivity index (χ4v) is 3.87. The number of rotatable bonds is 8. The Labute approximate surface area is 194 Å². The second-order valence-electron chi connectivity index (χ2n) is 8.34. The highest BCUT2D eigenvalue weighted by molar-refractivity contribution is 5.92. The molecule has 3 N–H and O–H groups in total. The van der Waals surface area contributed by atoms with Crippen LogP contribution >= 0.6 is 0 Å². The third-order valence-corrected chi connectivity index (χ3v) is 5.78. The molecule has 33 heavy (non-hydrogen) atoms. The number of ether oxygens (including phenoxy) is 1. The maximum Gasteiger partial charge on any atom is 0.278 e. The average Bonchev–Trinajstić information content (AvgIpc) is 2.88. The van der Waals surface area contributed by atoms with Gasteiger partial charge in [0.25, 0.3) is 5.91 Å². The van der Waals surface area contributed by atoms with Gasteiger partial charge < -0.3 is 15.4 Å². The number of nitrogens with one attached hydrogen (secondary N) is 1. The summed E-state index contributed by atoms with van der Waals surface area (Å²) in [7, 11) is 0. The summed E-state index contributed by atoms with van der Waals surface area (Å²) in [6.45, 7) is 4.84. The molecule has 9 heteroatoms. The average molecular weight is 453 g/mol. The summed E-state index contributed by atoms with van der Waals surface area (Å²) in [5, 5.41) is 0. The van der Waals surface area contributed by atoms with Crippen molar-refractivity contribution in [1.29, 1.82) is 0 Å². The number of anilines is 1. The normalized spacial score (nSPS) is 20.6. The van der Waals surface area contributed by atoms with E-state index < -0.39 is 0 Å². The standard InChI is InChI=1S/C24H32N6O3/c25-21(10-9-19-6-2-1-3-7-19)18-29-11-13-30(14-12-29)24-26-16-20(17-27-24)23(31)28-33-22-8-4-5-15-32-22/h1-3,6-7,9-10,16-17,21-22H,4-5,8,11-15,18,25H2,(H,28,31)/b10-9+. The van der Waals surface area contributed by atoms with Gasteiger partial charge in [0.05, 0.1) is 5.56 Å². The van der Waals surface area contributed by atoms with Crippen LogP contribution in [0.15, 0.2) is 48.8 Å². The maximum absolute atomic E-state index is 12.3. The maximum atomic E-state index is 12.3. The van der Waals surface area contributed by atoms with Crippen molar-refractivity contribution in [2.45, 2.75) is 31.6 Å². The second kappa shape index (κ2) is 11.9. The predicted octanol–water partition coefficient (Wildman–Crippen LogP) is 1.83. The first-order valence-electron chi connectivity index (χ1n) is 11.5. The van der Waals surface area contributed by atoms with Crippen molar-refractivity contribution in [3.8, 4) is 0 Å². The first-order valence-corrected chi connectivity index (χ1v) is 11.5. The number of aromatic nitrogens is 2. The number of hydrogen-bond acceptors (Lipinski definition) is 8. The fraction of sp³-hybridized carbons (Fsp3) is 0.458. The lowest BCUT2D eigenvalue weighted by molar-refractivity contribution is -0.186. The number of carbonyl (C=O) groups excluding carboxylic acids is 1. The second-order valence-corrected chi connectivity index (χ2v) is 8.34. The van der Waals surface area contributed by atoms with Crippen molar-refractivity contribution in [1.82, 2.24) is 20.3 Å². The van der Waals surface area contributed by atoms with Gasteiger partial charge in [-0.25, -0.2) is 20.3 Å². The number of piperazine rings is 1. The minimum absolute atomic E-state index is 0.0213. The molecule has 0 bridgehead atoms. The molecule has 2 aliphatic heterocycles. The van der Waals surface area contributed by atoms with Gasteiger partial charge in [0.1, 0.15) is 0 Å². The number of amides is 1. The van der Waals surface area contributed by atoms with Crippen molar-refractivity contribution < 1.29 is 14.4 Å². The van der Waals surface area contributed by atoms with E-state index >= 15 is 0 Å². The molecule has 4 rings (SSSR count). The highest BCUT2D eigenvalue weighted by Gasteiger charge is 2.21. The monoisotopic (exact) mass is 452 g/mol. The van der Waals surface area contributed by atoms with Gasteiger partial charge in [-0.05, 0) is 18.4 Å². The Morgan fingerprint density at radius 2 is 1.94 bits per heavy atom. The summed E-state index contributed by atoms with van der Waals surface area (Å²) in [6, 6.07) is 10.2. The molecule has 1 aromatic carbocycles. The molecule has 1 aromatic heterocycles. The van der Waals surface area contributed by atoms with Crippen LogP contribution in [0.1, 0.15) is 35.2 Å².